The third-order valence-corrected chi connectivity index (χ3v) is 6.25. The van der Waals surface area contributed by atoms with E-state index in [9.17, 15) is 0 Å². The molecule has 1 unspecified atom stereocenters. The van der Waals surface area contributed by atoms with Gasteiger partial charge in [-0.25, -0.2) is 4.98 Å². The molecule has 2 nitrogen and oxygen atoms in total. The fraction of sp³-hybridized carbons (Fsp3) is 0.824. The molecule has 0 saturated heterocycles. The van der Waals surface area contributed by atoms with Gasteiger partial charge in [0.1, 0.15) is 0 Å². The van der Waals surface area contributed by atoms with Gasteiger partial charge in [-0.15, -0.1) is 11.3 Å². The van der Waals surface area contributed by atoms with E-state index >= 15 is 0 Å². The Morgan fingerprint density at radius 1 is 1.20 bits per heavy atom. The van der Waals surface area contributed by atoms with E-state index in [-0.39, 0.29) is 5.41 Å². The number of nitrogens with one attached hydrogen (secondary N) is 1. The van der Waals surface area contributed by atoms with Crippen molar-refractivity contribution >= 4 is 11.3 Å². The molecule has 1 N–H and O–H groups in total. The van der Waals surface area contributed by atoms with Crippen molar-refractivity contribution in [3.05, 3.63) is 15.6 Å². The predicted molar refractivity (Wildman–Crippen MR) is 88.5 cm³/mol. The van der Waals surface area contributed by atoms with Crippen molar-refractivity contribution < 1.29 is 0 Å². The summed E-state index contributed by atoms with van der Waals surface area (Å²) in [5.41, 5.74) is 1.36. The summed E-state index contributed by atoms with van der Waals surface area (Å²) < 4.78 is 0. The van der Waals surface area contributed by atoms with Crippen molar-refractivity contribution in [2.45, 2.75) is 84.7 Å². The van der Waals surface area contributed by atoms with Crippen LogP contribution < -0.4 is 5.32 Å². The standard InChI is InChI=1S/C17H30N2S/c1-11(14-9-7-8-10-14)18-12(2)15-13(3)19-16(20-15)17(4,5)6/h11-12,14,18H,7-10H2,1-6H3/t11-,12?/m1/s1. The van der Waals surface area contributed by atoms with E-state index in [4.69, 9.17) is 4.98 Å². The van der Waals surface area contributed by atoms with Gasteiger partial charge < -0.3 is 5.32 Å². The maximum Gasteiger partial charge on any atom is 0.0985 e. The summed E-state index contributed by atoms with van der Waals surface area (Å²) in [6.07, 6.45) is 5.63. The molecule has 0 bridgehead atoms. The van der Waals surface area contributed by atoms with Crippen LogP contribution in [0, 0.1) is 12.8 Å². The molecule has 1 fully saturated rings. The lowest BCUT2D eigenvalue weighted by Crippen LogP contribution is -2.34. The fourth-order valence-corrected chi connectivity index (χ4v) is 4.33. The molecule has 114 valence electrons. The fourth-order valence-electron chi connectivity index (χ4n) is 3.19. The van der Waals surface area contributed by atoms with Crippen LogP contribution in [0.5, 0.6) is 0 Å². The minimum absolute atomic E-state index is 0.157. The smallest absolute Gasteiger partial charge is 0.0985 e. The molecule has 1 aromatic rings. The monoisotopic (exact) mass is 294 g/mol. The third-order valence-electron chi connectivity index (χ3n) is 4.49. The summed E-state index contributed by atoms with van der Waals surface area (Å²) in [6.45, 7) is 13.5. The van der Waals surface area contributed by atoms with E-state index in [1.54, 1.807) is 0 Å². The Kier molecular flexibility index (Phi) is 4.91. The van der Waals surface area contributed by atoms with Gasteiger partial charge in [0, 0.05) is 22.4 Å². The van der Waals surface area contributed by atoms with Crippen LogP contribution in [0.3, 0.4) is 0 Å². The number of rotatable bonds is 4. The molecular formula is C17H30N2S. The average Bonchev–Trinajstić information content (AvgIpc) is 2.95. The van der Waals surface area contributed by atoms with E-state index in [0.29, 0.717) is 12.1 Å². The molecule has 0 aliphatic heterocycles. The van der Waals surface area contributed by atoms with Gasteiger partial charge in [0.2, 0.25) is 0 Å². The number of thiazole rings is 1. The van der Waals surface area contributed by atoms with Gasteiger partial charge in [-0.1, -0.05) is 33.6 Å². The van der Waals surface area contributed by atoms with Gasteiger partial charge >= 0.3 is 0 Å². The summed E-state index contributed by atoms with van der Waals surface area (Å²) in [6, 6.07) is 1.03. The second-order valence-corrected chi connectivity index (χ2v) is 8.47. The number of nitrogens with zero attached hydrogens (tertiary/aromatic N) is 1. The Labute approximate surface area is 128 Å². The van der Waals surface area contributed by atoms with Crippen LogP contribution in [0.15, 0.2) is 0 Å². The molecule has 0 aromatic carbocycles. The zero-order chi connectivity index (χ0) is 14.9. The summed E-state index contributed by atoms with van der Waals surface area (Å²) in [5, 5.41) is 5.07. The second kappa shape index (κ2) is 6.15. The van der Waals surface area contributed by atoms with Crippen LogP contribution >= 0.6 is 11.3 Å². The summed E-state index contributed by atoms with van der Waals surface area (Å²) >= 11 is 1.89. The average molecular weight is 295 g/mol. The third kappa shape index (κ3) is 3.62. The van der Waals surface area contributed by atoms with Crippen molar-refractivity contribution in [1.82, 2.24) is 10.3 Å². The van der Waals surface area contributed by atoms with Crippen LogP contribution in [0.4, 0.5) is 0 Å². The maximum atomic E-state index is 4.79. The largest absolute Gasteiger partial charge is 0.307 e. The van der Waals surface area contributed by atoms with E-state index in [2.05, 4.69) is 46.9 Å². The lowest BCUT2D eigenvalue weighted by molar-refractivity contribution is 0.354. The number of aromatic nitrogens is 1. The molecule has 1 aromatic heterocycles. The normalized spacial score (nSPS) is 20.3. The van der Waals surface area contributed by atoms with E-state index < -0.39 is 0 Å². The van der Waals surface area contributed by atoms with Crippen molar-refractivity contribution in [3.8, 4) is 0 Å². The van der Waals surface area contributed by atoms with Gasteiger partial charge in [-0.2, -0.15) is 0 Å². The van der Waals surface area contributed by atoms with Crippen LogP contribution in [0.2, 0.25) is 0 Å². The zero-order valence-corrected chi connectivity index (χ0v) is 14.7. The Morgan fingerprint density at radius 2 is 1.80 bits per heavy atom. The molecule has 0 amide bonds. The zero-order valence-electron chi connectivity index (χ0n) is 13.9. The van der Waals surface area contributed by atoms with Crippen molar-refractivity contribution in [2.75, 3.05) is 0 Å². The van der Waals surface area contributed by atoms with E-state index in [1.165, 1.54) is 41.3 Å². The molecule has 20 heavy (non-hydrogen) atoms. The first-order valence-corrected chi connectivity index (χ1v) is 8.84. The second-order valence-electron chi connectivity index (χ2n) is 7.44. The topological polar surface area (TPSA) is 24.9 Å². The molecule has 3 heteroatoms. The highest BCUT2D eigenvalue weighted by molar-refractivity contribution is 7.12. The van der Waals surface area contributed by atoms with Crippen LogP contribution in [0.1, 0.15) is 81.9 Å². The first kappa shape index (κ1) is 16.0. The molecule has 1 heterocycles. The first-order chi connectivity index (χ1) is 9.29. The lowest BCUT2D eigenvalue weighted by atomic mass is 9.98. The summed E-state index contributed by atoms with van der Waals surface area (Å²) in [4.78, 5) is 6.20. The van der Waals surface area contributed by atoms with Gasteiger partial charge in [0.05, 0.1) is 10.7 Å². The molecule has 2 rings (SSSR count). The number of aryl methyl sites for hydroxylation is 1. The van der Waals surface area contributed by atoms with Gasteiger partial charge in [0.15, 0.2) is 0 Å². The highest BCUT2D eigenvalue weighted by Crippen LogP contribution is 2.34. The molecule has 1 aliphatic carbocycles. The molecule has 2 atom stereocenters. The van der Waals surface area contributed by atoms with Crippen LogP contribution in [0.25, 0.3) is 0 Å². The lowest BCUT2D eigenvalue weighted by Gasteiger charge is -2.24. The van der Waals surface area contributed by atoms with Crippen LogP contribution in [-0.4, -0.2) is 11.0 Å². The Morgan fingerprint density at radius 3 is 2.30 bits per heavy atom. The first-order valence-electron chi connectivity index (χ1n) is 8.03. The van der Waals surface area contributed by atoms with Crippen LogP contribution in [-0.2, 0) is 5.41 Å². The van der Waals surface area contributed by atoms with Crippen molar-refractivity contribution in [2.24, 2.45) is 5.92 Å². The van der Waals surface area contributed by atoms with Gasteiger partial charge in [-0.3, -0.25) is 0 Å². The SMILES string of the molecule is Cc1nc(C(C)(C)C)sc1C(C)N[C@H](C)C1CCCC1. The highest BCUT2D eigenvalue weighted by atomic mass is 32.1. The Bertz CT molecular complexity index is 438. The number of hydrogen-bond acceptors (Lipinski definition) is 3. The van der Waals surface area contributed by atoms with Crippen molar-refractivity contribution in [3.63, 3.8) is 0 Å². The quantitative estimate of drug-likeness (QED) is 0.847. The van der Waals surface area contributed by atoms with Crippen molar-refractivity contribution in [1.29, 1.82) is 0 Å². The van der Waals surface area contributed by atoms with Gasteiger partial charge in [-0.05, 0) is 39.5 Å². The minimum Gasteiger partial charge on any atom is -0.307 e. The minimum atomic E-state index is 0.157. The Hall–Kier alpha value is -0.410. The molecule has 0 radical (unpaired) electrons. The van der Waals surface area contributed by atoms with E-state index in [0.717, 1.165) is 5.92 Å². The van der Waals surface area contributed by atoms with Gasteiger partial charge in [0.25, 0.3) is 0 Å². The van der Waals surface area contributed by atoms with E-state index in [1.807, 2.05) is 11.3 Å². The molecule has 1 aliphatic rings. The highest BCUT2D eigenvalue weighted by Gasteiger charge is 2.26. The molecule has 1 saturated carbocycles. The molecular weight excluding hydrogens is 264 g/mol. The number of hydrogen-bond donors (Lipinski definition) is 1. The summed E-state index contributed by atoms with van der Waals surface area (Å²) in [7, 11) is 0. The predicted octanol–water partition coefficient (Wildman–Crippen LogP) is 4.98. The molecule has 0 spiro atoms. The maximum absolute atomic E-state index is 4.79. The Balaban J connectivity index is 2.05. The summed E-state index contributed by atoms with van der Waals surface area (Å²) in [5.74, 6) is 0.868.